The number of benzene rings is 6. The molecule has 14 aromatic rings. The predicted molar refractivity (Wildman–Crippen MR) is 559 cm³/mol. The molecule has 4 amide bonds. The monoisotopic (exact) mass is 2010 g/mol. The maximum absolute atomic E-state index is 11.9. The van der Waals surface area contributed by atoms with Gasteiger partial charge in [0.05, 0.1) is 22.3 Å². The van der Waals surface area contributed by atoms with Crippen LogP contribution >= 0.6 is 22.7 Å². The second kappa shape index (κ2) is 70.3. The van der Waals surface area contributed by atoms with Crippen molar-refractivity contribution >= 4 is 59.1 Å². The second-order valence-electron chi connectivity index (χ2n) is 29.4. The molecule has 752 valence electrons. The highest BCUT2D eigenvalue weighted by atomic mass is 32.1. The lowest BCUT2D eigenvalue weighted by Crippen LogP contribution is -2.24. The Morgan fingerprint density at radius 3 is 0.760 bits per heavy atom. The molecule has 0 atom stereocenters. The number of nitrogens with two attached hydrogens (primary N) is 6. The third kappa shape index (κ3) is 46.8. The summed E-state index contributed by atoms with van der Waals surface area (Å²) in [4.78, 5) is 77.9. The molecule has 0 aliphatic heterocycles. The molecule has 0 aliphatic carbocycles. The summed E-state index contributed by atoms with van der Waals surface area (Å²) in [6.07, 6.45) is 13.8. The van der Waals surface area contributed by atoms with Crippen LogP contribution in [0.3, 0.4) is 0 Å². The number of furan rings is 2. The SMILES string of the molecule is CNCc1cccc(CN)c1.CNCc1cccc(CN)c1.NCc1cccc(CNC(=O)OCC#Cc2ccc(C#CCOC(=O)NCc3cccc(CN)c3)o2)c1.NCc1cccc(CNC(=O)OCC#Cc2cscc2C#CCOC(=O)NCc2cccc(CN)c2)c1.O=C(n1cccc1)n1ccnc1.O=C(n1cccc1)n1ccnc1.OCC#Cc1ccc(C#CCO)o1.OCC#Cc1cscc1C#CCO. The van der Waals surface area contributed by atoms with E-state index in [0.29, 0.717) is 99.6 Å². The number of imidazole rings is 2. The summed E-state index contributed by atoms with van der Waals surface area (Å²) >= 11 is 2.95. The van der Waals surface area contributed by atoms with Crippen LogP contribution in [0, 0.1) is 94.7 Å². The van der Waals surface area contributed by atoms with Crippen LogP contribution in [0.5, 0.6) is 0 Å². The number of aliphatic hydroxyl groups is 4. The van der Waals surface area contributed by atoms with E-state index in [4.69, 9.17) is 82.6 Å². The van der Waals surface area contributed by atoms with Gasteiger partial charge in [0.25, 0.3) is 0 Å². The number of ether oxygens (including phenoxy) is 4. The van der Waals surface area contributed by atoms with Crippen molar-refractivity contribution in [3.63, 3.8) is 0 Å². The number of hydrogen-bond acceptors (Lipinski definition) is 28. The second-order valence-corrected chi connectivity index (χ2v) is 30.9. The topological polar surface area (TPSA) is 520 Å². The molecule has 0 aliphatic rings. The highest BCUT2D eigenvalue weighted by Crippen LogP contribution is 2.16. The molecule has 36 heteroatoms. The van der Waals surface area contributed by atoms with Gasteiger partial charge in [-0.25, -0.2) is 38.7 Å². The number of hydrogen-bond donors (Lipinski definition) is 16. The number of thiophene rings is 2. The third-order valence-corrected chi connectivity index (χ3v) is 20.2. The molecule has 0 fully saturated rings. The first-order chi connectivity index (χ1) is 71.3. The lowest BCUT2D eigenvalue weighted by molar-refractivity contribution is 0.158. The van der Waals surface area contributed by atoms with Crippen molar-refractivity contribution in [2.75, 3.05) is 67.0 Å². The van der Waals surface area contributed by atoms with Crippen molar-refractivity contribution in [1.82, 2.24) is 60.1 Å². The fourth-order valence-corrected chi connectivity index (χ4v) is 13.2. The lowest BCUT2D eigenvalue weighted by Gasteiger charge is -2.06. The van der Waals surface area contributed by atoms with Crippen LogP contribution in [0.1, 0.15) is 112 Å². The van der Waals surface area contributed by atoms with Gasteiger partial charge in [-0.1, -0.05) is 217 Å². The van der Waals surface area contributed by atoms with Gasteiger partial charge in [-0.05, 0) is 153 Å². The van der Waals surface area contributed by atoms with E-state index in [9.17, 15) is 28.8 Å². The Morgan fingerprint density at radius 1 is 0.301 bits per heavy atom. The van der Waals surface area contributed by atoms with E-state index < -0.39 is 24.4 Å². The summed E-state index contributed by atoms with van der Waals surface area (Å²) in [7, 11) is 3.88. The number of amides is 4. The number of carbonyl (C=O) groups is 6. The highest BCUT2D eigenvalue weighted by Gasteiger charge is 2.11. The average molecular weight is 2010 g/mol. The summed E-state index contributed by atoms with van der Waals surface area (Å²) in [5.74, 6) is 44.8. The molecule has 8 aromatic heterocycles. The Labute approximate surface area is 855 Å². The largest absolute Gasteiger partial charge is 0.439 e. The van der Waals surface area contributed by atoms with Gasteiger partial charge in [-0.3, -0.25) is 18.3 Å². The first kappa shape index (κ1) is 116. The van der Waals surface area contributed by atoms with E-state index >= 15 is 0 Å². The standard InChI is InChI=1S/C28H28N4O5.C28H28N4O4S.C10H8O3.C10H8O2S.2C9H14N2.2C8H7N3O/c29-17-21-5-1-7-23(15-21)19-31-27(33)35-13-3-9-25-11-12-26(37-25)10-4-14-36-28(34)32-20-24-8-2-6-22(16-24)18-30;29-15-21-5-1-7-23(13-21)17-31-27(33)35-11-3-9-25-19-37-20-26(25)10-4-12-36-28(34)32-18-24-8-2-6-22(14-24)16-30;11-7-1-3-9-5-6-10(13-9)4-2-8-12;11-5-1-3-9-7-13-8-10(9)4-2-6-12;2*1-11-7-9-4-2-3-8(5-9)6-10;2*12-8(10-4-1-2-5-10)11-6-3-9-7-11/h1-2,5-8,11-12,15-16H,13-14,17-20,29-30H2,(H,31,33)(H,32,34);1-2,5-8,13-14,19-20H,11-12,15-18,29-30H2,(H,31,33)(H,32,34);5-6,11-12H,7-8H2;7-8,11-12H,5-6H2;2*2-5,11H,6-7,10H2,1H3;2*1-7H. The molecule has 34 nitrogen and oxygen atoms in total. The van der Waals surface area contributed by atoms with Gasteiger partial charge in [-0.2, -0.15) is 0 Å². The van der Waals surface area contributed by atoms with Gasteiger partial charge in [0.2, 0.25) is 0 Å². The first-order valence-electron chi connectivity index (χ1n) is 44.9. The number of alkyl carbamates (subject to hydrolysis) is 4. The van der Waals surface area contributed by atoms with Crippen molar-refractivity contribution in [1.29, 1.82) is 0 Å². The molecule has 146 heavy (non-hydrogen) atoms. The number of nitrogens with zero attached hydrogens (tertiary/aromatic N) is 6. The van der Waals surface area contributed by atoms with Crippen LogP contribution in [0.15, 0.2) is 287 Å². The van der Waals surface area contributed by atoms with Crippen LogP contribution in [0.4, 0.5) is 28.8 Å². The Hall–Kier alpha value is -17.3. The van der Waals surface area contributed by atoms with E-state index in [1.165, 1.54) is 75.9 Å². The molecular weight excluding hydrogens is 1890 g/mol. The third-order valence-electron chi connectivity index (χ3n) is 18.7. The van der Waals surface area contributed by atoms with E-state index in [1.54, 1.807) is 98.1 Å². The van der Waals surface area contributed by atoms with E-state index in [1.807, 2.05) is 157 Å². The zero-order chi connectivity index (χ0) is 105. The van der Waals surface area contributed by atoms with E-state index in [-0.39, 0.29) is 64.9 Å². The lowest BCUT2D eigenvalue weighted by atomic mass is 10.1. The molecule has 0 bridgehead atoms. The summed E-state index contributed by atoms with van der Waals surface area (Å²) < 4.78 is 36.7. The van der Waals surface area contributed by atoms with Crippen molar-refractivity contribution in [2.45, 2.75) is 78.5 Å². The van der Waals surface area contributed by atoms with Gasteiger partial charge < -0.3 is 115 Å². The average Bonchev–Trinajstić information content (AvgIpc) is 1.74. The minimum absolute atomic E-state index is 0.0607. The summed E-state index contributed by atoms with van der Waals surface area (Å²) in [6, 6.07) is 60.7. The van der Waals surface area contributed by atoms with Crippen LogP contribution in [-0.4, -0.2) is 152 Å². The molecule has 0 spiro atoms. The molecular formula is C110H114N18O16S2. The normalized spacial score (nSPS) is 9.56. The fraction of sp³-hybridized carbons (Fsp3) is 0.200. The van der Waals surface area contributed by atoms with Crippen LogP contribution < -0.4 is 66.3 Å². The molecule has 0 radical (unpaired) electrons. The number of carbonyl (C=O) groups excluding carboxylic acids is 6. The number of aliphatic hydroxyl groups excluding tert-OH is 4. The Bertz CT molecular complexity index is 6400. The Kier molecular flexibility index (Phi) is 55.7. The van der Waals surface area contributed by atoms with Crippen molar-refractivity contribution in [3.8, 4) is 94.7 Å². The number of nitrogens with one attached hydrogen (secondary N) is 6. The predicted octanol–water partition coefficient (Wildman–Crippen LogP) is 10.5. The molecule has 0 saturated heterocycles. The Balaban J connectivity index is 0.000000241. The molecule has 0 saturated carbocycles. The van der Waals surface area contributed by atoms with Crippen molar-refractivity contribution in [2.24, 2.45) is 34.4 Å². The van der Waals surface area contributed by atoms with Crippen LogP contribution in [0.2, 0.25) is 0 Å². The minimum atomic E-state index is -0.577. The molecule has 8 heterocycles. The molecule has 22 N–H and O–H groups in total. The summed E-state index contributed by atoms with van der Waals surface area (Å²) in [5, 5.41) is 58.1. The summed E-state index contributed by atoms with van der Waals surface area (Å²) in [5.41, 5.74) is 49.2. The van der Waals surface area contributed by atoms with Crippen LogP contribution in [-0.2, 0) is 97.5 Å². The van der Waals surface area contributed by atoms with Crippen molar-refractivity contribution in [3.05, 3.63) is 390 Å². The Morgan fingerprint density at radius 2 is 0.527 bits per heavy atom. The zero-order valence-corrected chi connectivity index (χ0v) is 82.0. The van der Waals surface area contributed by atoms with Gasteiger partial charge >= 0.3 is 36.4 Å². The van der Waals surface area contributed by atoms with Gasteiger partial charge in [-0.15, -0.1) is 22.7 Å². The van der Waals surface area contributed by atoms with E-state index in [2.05, 4.69) is 161 Å². The minimum Gasteiger partial charge on any atom is -0.439 e. The molecule has 0 unspecified atom stereocenters. The number of rotatable bonds is 22. The fourth-order valence-electron chi connectivity index (χ4n) is 11.8. The zero-order valence-electron chi connectivity index (χ0n) is 80.4. The maximum atomic E-state index is 11.9. The van der Waals surface area contributed by atoms with E-state index in [0.717, 1.165) is 68.7 Å². The molecule has 6 aromatic carbocycles. The van der Waals surface area contributed by atoms with Gasteiger partial charge in [0, 0.05) is 150 Å². The highest BCUT2D eigenvalue weighted by molar-refractivity contribution is 7.08. The van der Waals surface area contributed by atoms with Gasteiger partial charge in [0.1, 0.15) is 39.1 Å². The van der Waals surface area contributed by atoms with Gasteiger partial charge in [0.15, 0.2) is 49.5 Å². The maximum Gasteiger partial charge on any atom is 0.408 e. The summed E-state index contributed by atoms with van der Waals surface area (Å²) in [6.45, 7) is 5.14. The van der Waals surface area contributed by atoms with Crippen molar-refractivity contribution < 1.29 is 77.0 Å². The number of aromatic nitrogens is 6. The quantitative estimate of drug-likeness (QED) is 0.0221. The molecule has 14 rings (SSSR count). The first-order valence-corrected chi connectivity index (χ1v) is 46.8. The van der Waals surface area contributed by atoms with Crippen LogP contribution in [0.25, 0.3) is 0 Å². The smallest absolute Gasteiger partial charge is 0.408 e.